The summed E-state index contributed by atoms with van der Waals surface area (Å²) in [5.41, 5.74) is 0.429. The Morgan fingerprint density at radius 3 is 3.12 bits per heavy atom. The first-order chi connectivity index (χ1) is 8.17. The lowest BCUT2D eigenvalue weighted by atomic mass is 10.2. The van der Waals surface area contributed by atoms with E-state index in [2.05, 4.69) is 10.3 Å². The Morgan fingerprint density at radius 2 is 2.47 bits per heavy atom. The van der Waals surface area contributed by atoms with E-state index < -0.39 is 0 Å². The lowest BCUT2D eigenvalue weighted by Gasteiger charge is -2.11. The molecule has 0 aromatic carbocycles. The van der Waals surface area contributed by atoms with Gasteiger partial charge in [-0.3, -0.25) is 4.79 Å². The van der Waals surface area contributed by atoms with Gasteiger partial charge in [0.1, 0.15) is 10.7 Å². The third kappa shape index (κ3) is 4.80. The second-order valence-electron chi connectivity index (χ2n) is 3.80. The SMILES string of the molecule is COCc1nc(C(=O)NC(C)CCCO)cs1. The van der Waals surface area contributed by atoms with E-state index in [9.17, 15) is 4.79 Å². The molecule has 0 aliphatic carbocycles. The summed E-state index contributed by atoms with van der Waals surface area (Å²) in [6, 6.07) is 0.0437. The van der Waals surface area contributed by atoms with E-state index in [1.165, 1.54) is 11.3 Å². The van der Waals surface area contributed by atoms with Crippen LogP contribution >= 0.6 is 11.3 Å². The van der Waals surface area contributed by atoms with Crippen LogP contribution in [0.3, 0.4) is 0 Å². The molecule has 6 heteroatoms. The summed E-state index contributed by atoms with van der Waals surface area (Å²) in [6.07, 6.45) is 1.45. The Labute approximate surface area is 105 Å². The molecule has 0 radical (unpaired) electrons. The van der Waals surface area contributed by atoms with Gasteiger partial charge in [-0.05, 0) is 19.8 Å². The quantitative estimate of drug-likeness (QED) is 0.770. The highest BCUT2D eigenvalue weighted by molar-refractivity contribution is 7.09. The van der Waals surface area contributed by atoms with Crippen LogP contribution in [0, 0.1) is 0 Å². The number of carbonyl (C=O) groups is 1. The molecule has 1 rings (SSSR count). The van der Waals surface area contributed by atoms with E-state index in [1.807, 2.05) is 6.92 Å². The second-order valence-corrected chi connectivity index (χ2v) is 4.74. The van der Waals surface area contributed by atoms with Crippen molar-refractivity contribution >= 4 is 17.2 Å². The third-order valence-corrected chi connectivity index (χ3v) is 3.05. The number of hydrogen-bond donors (Lipinski definition) is 2. The summed E-state index contributed by atoms with van der Waals surface area (Å²) in [4.78, 5) is 15.9. The summed E-state index contributed by atoms with van der Waals surface area (Å²) in [5.74, 6) is -0.172. The van der Waals surface area contributed by atoms with Gasteiger partial charge in [0.05, 0.1) is 6.61 Å². The minimum absolute atomic E-state index is 0.0437. The molecule has 0 saturated heterocycles. The van der Waals surface area contributed by atoms with Gasteiger partial charge in [-0.25, -0.2) is 4.98 Å². The first-order valence-corrected chi connectivity index (χ1v) is 6.40. The average Bonchev–Trinajstić information content (AvgIpc) is 2.75. The molecular formula is C11H18N2O3S. The number of amides is 1. The van der Waals surface area contributed by atoms with E-state index in [0.717, 1.165) is 11.4 Å². The molecule has 0 spiro atoms. The fourth-order valence-corrected chi connectivity index (χ4v) is 2.12. The molecule has 0 saturated carbocycles. The standard InChI is InChI=1S/C11H18N2O3S/c1-8(4-3-5-14)12-11(15)9-7-17-10(13-9)6-16-2/h7-8,14H,3-6H2,1-2H3,(H,12,15). The second kappa shape index (κ2) is 7.37. The number of ether oxygens (including phenoxy) is 1. The van der Waals surface area contributed by atoms with Gasteiger partial charge < -0.3 is 15.2 Å². The normalized spacial score (nSPS) is 12.4. The van der Waals surface area contributed by atoms with Gasteiger partial charge in [-0.1, -0.05) is 0 Å². The Hall–Kier alpha value is -0.980. The number of nitrogens with zero attached hydrogens (tertiary/aromatic N) is 1. The molecule has 5 nitrogen and oxygen atoms in total. The Morgan fingerprint density at radius 1 is 1.71 bits per heavy atom. The lowest BCUT2D eigenvalue weighted by molar-refractivity contribution is 0.0931. The number of rotatable bonds is 7. The van der Waals surface area contributed by atoms with Crippen molar-refractivity contribution in [2.75, 3.05) is 13.7 Å². The third-order valence-electron chi connectivity index (χ3n) is 2.22. The molecule has 1 amide bonds. The van der Waals surface area contributed by atoms with E-state index in [0.29, 0.717) is 18.7 Å². The maximum atomic E-state index is 11.8. The number of nitrogens with one attached hydrogen (secondary N) is 1. The van der Waals surface area contributed by atoms with Crippen LogP contribution in [0.15, 0.2) is 5.38 Å². The molecule has 0 fully saturated rings. The molecule has 2 N–H and O–H groups in total. The number of carbonyl (C=O) groups excluding carboxylic acids is 1. The molecule has 0 aliphatic heterocycles. The number of aliphatic hydroxyl groups is 1. The predicted octanol–water partition coefficient (Wildman–Crippen LogP) is 1.18. The fourth-order valence-electron chi connectivity index (χ4n) is 1.37. The largest absolute Gasteiger partial charge is 0.396 e. The van der Waals surface area contributed by atoms with Crippen LogP contribution in [0.4, 0.5) is 0 Å². The predicted molar refractivity (Wildman–Crippen MR) is 66.1 cm³/mol. The monoisotopic (exact) mass is 258 g/mol. The molecule has 1 heterocycles. The van der Waals surface area contributed by atoms with E-state index in [1.54, 1.807) is 12.5 Å². The molecular weight excluding hydrogens is 240 g/mol. The highest BCUT2D eigenvalue weighted by atomic mass is 32.1. The van der Waals surface area contributed by atoms with Crippen LogP contribution in [0.25, 0.3) is 0 Å². The number of aliphatic hydroxyl groups excluding tert-OH is 1. The van der Waals surface area contributed by atoms with Crippen molar-refractivity contribution in [1.82, 2.24) is 10.3 Å². The minimum atomic E-state index is -0.172. The molecule has 1 atom stereocenters. The van der Waals surface area contributed by atoms with E-state index in [4.69, 9.17) is 9.84 Å². The summed E-state index contributed by atoms with van der Waals surface area (Å²) in [6.45, 7) is 2.49. The van der Waals surface area contributed by atoms with Gasteiger partial charge in [-0.2, -0.15) is 0 Å². The number of hydrogen-bond acceptors (Lipinski definition) is 5. The summed E-state index contributed by atoms with van der Waals surface area (Å²) in [7, 11) is 1.60. The van der Waals surface area contributed by atoms with Crippen molar-refractivity contribution in [2.24, 2.45) is 0 Å². The molecule has 0 bridgehead atoms. The highest BCUT2D eigenvalue weighted by Gasteiger charge is 2.13. The van der Waals surface area contributed by atoms with Gasteiger partial charge in [0.2, 0.25) is 0 Å². The molecule has 17 heavy (non-hydrogen) atoms. The molecule has 0 aliphatic rings. The Kier molecular flexibility index (Phi) is 6.10. The highest BCUT2D eigenvalue weighted by Crippen LogP contribution is 2.11. The average molecular weight is 258 g/mol. The van der Waals surface area contributed by atoms with Crippen molar-refractivity contribution in [3.05, 3.63) is 16.1 Å². The topological polar surface area (TPSA) is 71.5 Å². The van der Waals surface area contributed by atoms with Crippen molar-refractivity contribution in [2.45, 2.75) is 32.4 Å². The van der Waals surface area contributed by atoms with Crippen molar-refractivity contribution in [3.8, 4) is 0 Å². The maximum absolute atomic E-state index is 11.8. The van der Waals surface area contributed by atoms with Gasteiger partial charge in [0, 0.05) is 25.1 Å². The van der Waals surface area contributed by atoms with Gasteiger partial charge >= 0.3 is 0 Å². The summed E-state index contributed by atoms with van der Waals surface area (Å²) in [5, 5.41) is 14.0. The Balaban J connectivity index is 2.45. The number of aromatic nitrogens is 1. The first kappa shape index (κ1) is 14.1. The summed E-state index contributed by atoms with van der Waals surface area (Å²) < 4.78 is 4.94. The van der Waals surface area contributed by atoms with Crippen LogP contribution in [-0.2, 0) is 11.3 Å². The smallest absolute Gasteiger partial charge is 0.270 e. The maximum Gasteiger partial charge on any atom is 0.270 e. The summed E-state index contributed by atoms with van der Waals surface area (Å²) >= 11 is 1.41. The fraction of sp³-hybridized carbons (Fsp3) is 0.636. The van der Waals surface area contributed by atoms with Crippen LogP contribution in [0.1, 0.15) is 35.3 Å². The minimum Gasteiger partial charge on any atom is -0.396 e. The molecule has 1 aromatic heterocycles. The zero-order valence-electron chi connectivity index (χ0n) is 10.1. The van der Waals surface area contributed by atoms with Gasteiger partial charge in [0.25, 0.3) is 5.91 Å². The Bertz CT molecular complexity index is 354. The van der Waals surface area contributed by atoms with Crippen LogP contribution < -0.4 is 5.32 Å². The van der Waals surface area contributed by atoms with E-state index in [-0.39, 0.29) is 18.6 Å². The van der Waals surface area contributed by atoms with Crippen molar-refractivity contribution in [1.29, 1.82) is 0 Å². The number of thiazole rings is 1. The van der Waals surface area contributed by atoms with Gasteiger partial charge in [-0.15, -0.1) is 11.3 Å². The zero-order chi connectivity index (χ0) is 12.7. The van der Waals surface area contributed by atoms with E-state index >= 15 is 0 Å². The first-order valence-electron chi connectivity index (χ1n) is 5.52. The number of methoxy groups -OCH3 is 1. The van der Waals surface area contributed by atoms with Gasteiger partial charge in [0.15, 0.2) is 0 Å². The van der Waals surface area contributed by atoms with Crippen LogP contribution in [-0.4, -0.2) is 35.8 Å². The van der Waals surface area contributed by atoms with Crippen LogP contribution in [0.5, 0.6) is 0 Å². The van der Waals surface area contributed by atoms with Crippen LogP contribution in [0.2, 0.25) is 0 Å². The van der Waals surface area contributed by atoms with Crippen molar-refractivity contribution in [3.63, 3.8) is 0 Å². The zero-order valence-corrected chi connectivity index (χ0v) is 10.9. The molecule has 96 valence electrons. The van der Waals surface area contributed by atoms with Crippen molar-refractivity contribution < 1.29 is 14.6 Å². The molecule has 1 unspecified atom stereocenters. The lowest BCUT2D eigenvalue weighted by Crippen LogP contribution is -2.32. The molecule has 1 aromatic rings.